The molecule has 11 heteroatoms. The van der Waals surface area contributed by atoms with E-state index in [1.54, 1.807) is 31.2 Å². The van der Waals surface area contributed by atoms with E-state index in [4.69, 9.17) is 16.3 Å². The molecule has 2 aromatic carbocycles. The topological polar surface area (TPSA) is 60.2 Å². The zero-order valence-corrected chi connectivity index (χ0v) is 17.4. The number of hydrogen-bond acceptors (Lipinski definition) is 4. The van der Waals surface area contributed by atoms with Gasteiger partial charge in [-0.25, -0.2) is 14.1 Å². The van der Waals surface area contributed by atoms with Gasteiger partial charge in [-0.05, 0) is 42.8 Å². The number of carbonyl (C=O) groups excluding carboxylic acids is 1. The van der Waals surface area contributed by atoms with Gasteiger partial charge in [0.15, 0.2) is 0 Å². The summed E-state index contributed by atoms with van der Waals surface area (Å²) in [6, 6.07) is 8.07. The largest absolute Gasteiger partial charge is 0.416 e. The summed E-state index contributed by atoms with van der Waals surface area (Å²) in [7, 11) is 0. The molecule has 1 fully saturated rings. The first kappa shape index (κ1) is 22.2. The van der Waals surface area contributed by atoms with Gasteiger partial charge >= 0.3 is 6.18 Å². The molecule has 1 aliphatic heterocycles. The molecule has 6 nitrogen and oxygen atoms in total. The number of benzene rings is 2. The van der Waals surface area contributed by atoms with Gasteiger partial charge in [-0.15, -0.1) is 0 Å². The second-order valence-electron chi connectivity index (χ2n) is 7.41. The smallest absolute Gasteiger partial charge is 0.346 e. The summed E-state index contributed by atoms with van der Waals surface area (Å²) in [6.45, 7) is 1.71. The van der Waals surface area contributed by atoms with Gasteiger partial charge in [-0.3, -0.25) is 4.79 Å². The fraction of sp³-hybridized carbons (Fsp3) is 0.286. The number of aromatic nitrogens is 3. The van der Waals surface area contributed by atoms with E-state index in [1.165, 1.54) is 22.2 Å². The number of amides is 1. The van der Waals surface area contributed by atoms with Gasteiger partial charge in [0.1, 0.15) is 30.8 Å². The minimum Gasteiger partial charge on any atom is -0.346 e. The van der Waals surface area contributed by atoms with E-state index in [0.717, 1.165) is 6.07 Å². The van der Waals surface area contributed by atoms with Crippen LogP contribution in [0.25, 0.3) is 0 Å². The van der Waals surface area contributed by atoms with Gasteiger partial charge in [0, 0.05) is 5.02 Å². The average Bonchev–Trinajstić information content (AvgIpc) is 3.36. The van der Waals surface area contributed by atoms with Crippen molar-refractivity contribution in [3.8, 4) is 0 Å². The molecule has 1 aromatic heterocycles. The summed E-state index contributed by atoms with van der Waals surface area (Å²) in [5.74, 6) is -2.03. The van der Waals surface area contributed by atoms with Crippen LogP contribution in [0.3, 0.4) is 0 Å². The van der Waals surface area contributed by atoms with E-state index in [0.29, 0.717) is 22.7 Å². The molecule has 0 N–H and O–H groups in total. The highest BCUT2D eigenvalue weighted by molar-refractivity contribution is 6.30. The van der Waals surface area contributed by atoms with Gasteiger partial charge in [0.05, 0.1) is 23.7 Å². The standard InChI is InChI=1S/C21H17ClF4N4O2/c1-13-20(9-29-11-27-10-28-29,14-2-5-16(22)6-3-14)32-12-30(13)19(31)17-7-4-15(8-18(17)23)21(24,25)26/h2-8,10-11,13H,9,12H2,1H3. The summed E-state index contributed by atoms with van der Waals surface area (Å²) >= 11 is 6.01. The molecule has 4 rings (SSSR count). The molecule has 168 valence electrons. The lowest BCUT2D eigenvalue weighted by molar-refractivity contribution is -0.137. The van der Waals surface area contributed by atoms with E-state index < -0.39 is 40.7 Å². The van der Waals surface area contributed by atoms with Crippen LogP contribution >= 0.6 is 11.6 Å². The van der Waals surface area contributed by atoms with Gasteiger partial charge in [-0.1, -0.05) is 23.7 Å². The van der Waals surface area contributed by atoms with Crippen LogP contribution in [0.2, 0.25) is 5.02 Å². The fourth-order valence-corrected chi connectivity index (χ4v) is 3.93. The minimum atomic E-state index is -4.71. The van der Waals surface area contributed by atoms with Crippen molar-refractivity contribution in [2.24, 2.45) is 0 Å². The van der Waals surface area contributed by atoms with E-state index >= 15 is 0 Å². The Morgan fingerprint density at radius 3 is 2.56 bits per heavy atom. The van der Waals surface area contributed by atoms with Crippen LogP contribution in [0.4, 0.5) is 17.6 Å². The number of ether oxygens (including phenoxy) is 1. The van der Waals surface area contributed by atoms with Gasteiger partial charge in [-0.2, -0.15) is 18.3 Å². The van der Waals surface area contributed by atoms with E-state index in [2.05, 4.69) is 10.1 Å². The molecular weight excluding hydrogens is 452 g/mol. The minimum absolute atomic E-state index is 0.190. The van der Waals surface area contributed by atoms with Crippen molar-refractivity contribution in [1.82, 2.24) is 19.7 Å². The normalized spacial score (nSPS) is 21.2. The number of nitrogens with zero attached hydrogens (tertiary/aromatic N) is 4. The number of hydrogen-bond donors (Lipinski definition) is 0. The molecule has 1 saturated heterocycles. The second-order valence-corrected chi connectivity index (χ2v) is 7.84. The number of halogens is 5. The first-order valence-corrected chi connectivity index (χ1v) is 9.90. The lowest BCUT2D eigenvalue weighted by Crippen LogP contribution is -2.46. The molecule has 0 bridgehead atoms. The van der Waals surface area contributed by atoms with E-state index in [-0.39, 0.29) is 13.3 Å². The average molecular weight is 469 g/mol. The molecule has 0 radical (unpaired) electrons. The molecule has 2 unspecified atom stereocenters. The molecular formula is C21H17ClF4N4O2. The van der Waals surface area contributed by atoms with Crippen molar-refractivity contribution in [2.45, 2.75) is 31.3 Å². The van der Waals surface area contributed by atoms with Crippen molar-refractivity contribution >= 4 is 17.5 Å². The van der Waals surface area contributed by atoms with Crippen LogP contribution < -0.4 is 0 Å². The van der Waals surface area contributed by atoms with Crippen LogP contribution in [-0.2, 0) is 23.1 Å². The summed E-state index contributed by atoms with van der Waals surface area (Å²) in [5.41, 5.74) is -2.01. The van der Waals surface area contributed by atoms with E-state index in [9.17, 15) is 22.4 Å². The molecule has 0 aliphatic carbocycles. The monoisotopic (exact) mass is 468 g/mol. The molecule has 2 atom stereocenters. The highest BCUT2D eigenvalue weighted by atomic mass is 35.5. The van der Waals surface area contributed by atoms with Crippen LogP contribution in [0.1, 0.15) is 28.4 Å². The Labute approximate surface area is 185 Å². The first-order chi connectivity index (χ1) is 15.1. The lowest BCUT2D eigenvalue weighted by Gasteiger charge is -2.34. The van der Waals surface area contributed by atoms with Crippen LogP contribution in [-0.4, -0.2) is 38.3 Å². The Kier molecular flexibility index (Phi) is 5.68. The molecule has 2 heterocycles. The zero-order valence-electron chi connectivity index (χ0n) is 16.7. The second kappa shape index (κ2) is 8.18. The van der Waals surface area contributed by atoms with E-state index in [1.807, 2.05) is 0 Å². The maximum atomic E-state index is 14.5. The molecule has 0 saturated carbocycles. The molecule has 1 aliphatic rings. The number of rotatable bonds is 4. The van der Waals surface area contributed by atoms with Crippen LogP contribution in [0.15, 0.2) is 55.1 Å². The number of carbonyl (C=O) groups is 1. The van der Waals surface area contributed by atoms with Crippen molar-refractivity contribution in [2.75, 3.05) is 6.73 Å². The first-order valence-electron chi connectivity index (χ1n) is 9.52. The quantitative estimate of drug-likeness (QED) is 0.529. The van der Waals surface area contributed by atoms with Gasteiger partial charge < -0.3 is 9.64 Å². The van der Waals surface area contributed by atoms with Crippen LogP contribution in [0, 0.1) is 5.82 Å². The Bertz CT molecular complexity index is 1120. The van der Waals surface area contributed by atoms with Gasteiger partial charge in [0.2, 0.25) is 0 Å². The molecule has 1 amide bonds. The Hall–Kier alpha value is -2.98. The van der Waals surface area contributed by atoms with Crippen LogP contribution in [0.5, 0.6) is 0 Å². The Morgan fingerprint density at radius 2 is 1.97 bits per heavy atom. The SMILES string of the molecule is CC1N(C(=O)c2ccc(C(F)(F)F)cc2F)COC1(Cn1cncn1)c1ccc(Cl)cc1. The third-order valence-electron chi connectivity index (χ3n) is 5.59. The number of alkyl halides is 3. The van der Waals surface area contributed by atoms with Crippen molar-refractivity contribution in [3.63, 3.8) is 0 Å². The lowest BCUT2D eigenvalue weighted by atomic mass is 9.86. The molecule has 3 aromatic rings. The third kappa shape index (κ3) is 3.95. The Morgan fingerprint density at radius 1 is 1.25 bits per heavy atom. The van der Waals surface area contributed by atoms with Crippen molar-refractivity contribution < 1.29 is 27.1 Å². The summed E-state index contributed by atoms with van der Waals surface area (Å²) in [5, 5.41) is 4.62. The van der Waals surface area contributed by atoms with Crippen molar-refractivity contribution in [1.29, 1.82) is 0 Å². The molecule has 32 heavy (non-hydrogen) atoms. The summed E-state index contributed by atoms with van der Waals surface area (Å²) in [6.07, 6.45) is -1.86. The summed E-state index contributed by atoms with van der Waals surface area (Å²) < 4.78 is 60.7. The Balaban J connectivity index is 1.68. The van der Waals surface area contributed by atoms with Crippen molar-refractivity contribution in [3.05, 3.63) is 82.6 Å². The fourth-order valence-electron chi connectivity index (χ4n) is 3.80. The maximum Gasteiger partial charge on any atom is 0.416 e. The highest BCUT2D eigenvalue weighted by Crippen LogP contribution is 2.40. The summed E-state index contributed by atoms with van der Waals surface area (Å²) in [4.78, 5) is 18.3. The third-order valence-corrected chi connectivity index (χ3v) is 5.84. The predicted molar refractivity (Wildman–Crippen MR) is 106 cm³/mol. The highest BCUT2D eigenvalue weighted by Gasteiger charge is 2.50. The predicted octanol–water partition coefficient (Wildman–Crippen LogP) is 4.50. The zero-order chi connectivity index (χ0) is 23.1. The maximum absolute atomic E-state index is 14.5. The van der Waals surface area contributed by atoms with Gasteiger partial charge in [0.25, 0.3) is 5.91 Å². The molecule has 0 spiro atoms.